The molecule has 0 saturated carbocycles. The molecule has 2 aromatic heterocycles. The molecule has 3 nitrogen and oxygen atoms in total. The Labute approximate surface area is 131 Å². The van der Waals surface area contributed by atoms with Crippen LogP contribution in [-0.4, -0.2) is 11.9 Å². The van der Waals surface area contributed by atoms with Crippen LogP contribution in [0.15, 0.2) is 29.6 Å². The first-order chi connectivity index (χ1) is 9.49. The van der Waals surface area contributed by atoms with Crippen molar-refractivity contribution in [1.29, 1.82) is 0 Å². The number of amides is 1. The Balaban J connectivity index is 2.30. The first-order valence-electron chi connectivity index (χ1n) is 6.33. The van der Waals surface area contributed by atoms with Gasteiger partial charge in [0.25, 0.3) is 0 Å². The van der Waals surface area contributed by atoms with Gasteiger partial charge in [-0.25, -0.2) is 0 Å². The largest absolute Gasteiger partial charge is 0.368 e. The Hall–Kier alpha value is -0.880. The van der Waals surface area contributed by atoms with Gasteiger partial charge in [-0.2, -0.15) is 0 Å². The topological polar surface area (TPSA) is 55.1 Å². The summed E-state index contributed by atoms with van der Waals surface area (Å²) in [4.78, 5) is 13.9. The fraction of sp³-hybridized carbons (Fsp3) is 0.357. The van der Waals surface area contributed by atoms with Crippen LogP contribution in [0.1, 0.15) is 29.6 Å². The van der Waals surface area contributed by atoms with E-state index in [1.165, 1.54) is 11.3 Å². The maximum absolute atomic E-state index is 11.6. The fourth-order valence-corrected chi connectivity index (χ4v) is 4.04. The van der Waals surface area contributed by atoms with E-state index < -0.39 is 0 Å². The number of carbonyl (C=O) groups excluding carboxylic acids is 1. The van der Waals surface area contributed by atoms with Crippen molar-refractivity contribution in [3.05, 3.63) is 43.7 Å². The van der Waals surface area contributed by atoms with Crippen LogP contribution >= 0.6 is 34.3 Å². The summed E-state index contributed by atoms with van der Waals surface area (Å²) in [5.41, 5.74) is 5.50. The lowest BCUT2D eigenvalue weighted by atomic mass is 10.0. The molecule has 0 saturated heterocycles. The number of hydrogen-bond acceptors (Lipinski definition) is 4. The second-order valence-corrected chi connectivity index (χ2v) is 7.61. The van der Waals surface area contributed by atoms with E-state index in [0.29, 0.717) is 0 Å². The number of rotatable bonds is 6. The summed E-state index contributed by atoms with van der Waals surface area (Å²) in [7, 11) is 0. The first kappa shape index (κ1) is 15.5. The van der Waals surface area contributed by atoms with Gasteiger partial charge in [0.05, 0.1) is 16.4 Å². The van der Waals surface area contributed by atoms with E-state index >= 15 is 0 Å². The molecule has 6 heteroatoms. The number of thiophene rings is 2. The Morgan fingerprint density at radius 1 is 1.30 bits per heavy atom. The average molecular weight is 329 g/mol. The molecule has 0 aliphatic rings. The van der Waals surface area contributed by atoms with E-state index in [1.807, 2.05) is 43.5 Å². The summed E-state index contributed by atoms with van der Waals surface area (Å²) in [6, 6.07) is 7.49. The minimum absolute atomic E-state index is 0.0487. The minimum atomic E-state index is -0.372. The highest BCUT2D eigenvalue weighted by Gasteiger charge is 2.26. The molecule has 0 spiro atoms. The highest BCUT2D eigenvalue weighted by atomic mass is 35.5. The standard InChI is InChI=1S/C14H17ClN2OS2/c1-8(2)12(14(16)18)17-13(9-4-3-7-19-9)10-5-6-11(15)20-10/h3-8,12-13,17H,1-2H3,(H2,16,18). The molecule has 0 fully saturated rings. The predicted molar refractivity (Wildman–Crippen MR) is 86.4 cm³/mol. The van der Waals surface area contributed by atoms with Crippen molar-refractivity contribution in [1.82, 2.24) is 5.32 Å². The molecule has 2 atom stereocenters. The molecule has 2 heterocycles. The molecule has 0 aliphatic heterocycles. The third kappa shape index (κ3) is 3.61. The normalized spacial score (nSPS) is 14.4. The van der Waals surface area contributed by atoms with Crippen molar-refractivity contribution in [3.8, 4) is 0 Å². The number of nitrogens with two attached hydrogens (primary N) is 1. The monoisotopic (exact) mass is 328 g/mol. The van der Waals surface area contributed by atoms with Crippen LogP contribution < -0.4 is 11.1 Å². The van der Waals surface area contributed by atoms with Gasteiger partial charge in [-0.05, 0) is 29.5 Å². The molecule has 20 heavy (non-hydrogen) atoms. The van der Waals surface area contributed by atoms with Crippen LogP contribution in [0.4, 0.5) is 0 Å². The van der Waals surface area contributed by atoms with Gasteiger partial charge >= 0.3 is 0 Å². The summed E-state index contributed by atoms with van der Waals surface area (Å²) in [6.45, 7) is 3.96. The van der Waals surface area contributed by atoms with Gasteiger partial charge in [-0.1, -0.05) is 31.5 Å². The highest BCUT2D eigenvalue weighted by molar-refractivity contribution is 7.16. The molecule has 0 aromatic carbocycles. The number of carbonyl (C=O) groups is 1. The van der Waals surface area contributed by atoms with Gasteiger partial charge in [0, 0.05) is 9.75 Å². The van der Waals surface area contributed by atoms with E-state index in [1.54, 1.807) is 11.3 Å². The van der Waals surface area contributed by atoms with E-state index in [2.05, 4.69) is 5.32 Å². The summed E-state index contributed by atoms with van der Waals surface area (Å²) in [5.74, 6) is -0.199. The Morgan fingerprint density at radius 2 is 2.05 bits per heavy atom. The van der Waals surface area contributed by atoms with Crippen molar-refractivity contribution >= 4 is 40.2 Å². The van der Waals surface area contributed by atoms with Crippen molar-refractivity contribution in [2.75, 3.05) is 0 Å². The van der Waals surface area contributed by atoms with Crippen LogP contribution in [0.3, 0.4) is 0 Å². The highest BCUT2D eigenvalue weighted by Crippen LogP contribution is 2.33. The quantitative estimate of drug-likeness (QED) is 0.850. The predicted octanol–water partition coefficient (Wildman–Crippen LogP) is 3.65. The molecule has 2 aromatic rings. The summed E-state index contributed by atoms with van der Waals surface area (Å²) < 4.78 is 0.739. The Bertz CT molecular complexity index is 566. The van der Waals surface area contributed by atoms with Crippen LogP contribution in [0.25, 0.3) is 0 Å². The molecular weight excluding hydrogens is 312 g/mol. The molecule has 2 rings (SSSR count). The molecule has 108 valence electrons. The van der Waals surface area contributed by atoms with E-state index in [9.17, 15) is 4.79 Å². The molecule has 1 amide bonds. The maximum Gasteiger partial charge on any atom is 0.234 e. The molecule has 0 bridgehead atoms. The van der Waals surface area contributed by atoms with Crippen molar-refractivity contribution in [2.24, 2.45) is 11.7 Å². The van der Waals surface area contributed by atoms with Crippen LogP contribution in [0, 0.1) is 5.92 Å². The van der Waals surface area contributed by atoms with Crippen molar-refractivity contribution < 1.29 is 4.79 Å². The number of primary amides is 1. The lowest BCUT2D eigenvalue weighted by molar-refractivity contribution is -0.121. The summed E-state index contributed by atoms with van der Waals surface area (Å²) >= 11 is 9.20. The molecule has 2 unspecified atom stereocenters. The van der Waals surface area contributed by atoms with Gasteiger partial charge < -0.3 is 5.73 Å². The third-order valence-electron chi connectivity index (χ3n) is 3.03. The zero-order valence-corrected chi connectivity index (χ0v) is 13.7. The molecule has 0 aliphatic carbocycles. The SMILES string of the molecule is CC(C)C(NC(c1cccs1)c1ccc(Cl)s1)C(N)=O. The van der Waals surface area contributed by atoms with E-state index in [0.717, 1.165) is 14.1 Å². The summed E-state index contributed by atoms with van der Waals surface area (Å²) in [5, 5.41) is 5.39. The lowest BCUT2D eigenvalue weighted by Gasteiger charge is -2.25. The molecular formula is C14H17ClN2OS2. The smallest absolute Gasteiger partial charge is 0.234 e. The zero-order valence-electron chi connectivity index (χ0n) is 11.3. The van der Waals surface area contributed by atoms with Gasteiger partial charge in [0.15, 0.2) is 0 Å². The Morgan fingerprint density at radius 3 is 2.50 bits per heavy atom. The van der Waals surface area contributed by atoms with Gasteiger partial charge in [0.2, 0.25) is 5.91 Å². The summed E-state index contributed by atoms with van der Waals surface area (Å²) in [6.07, 6.45) is 0. The van der Waals surface area contributed by atoms with Gasteiger partial charge in [-0.3, -0.25) is 10.1 Å². The zero-order chi connectivity index (χ0) is 14.7. The third-order valence-corrected chi connectivity index (χ3v) is 5.26. The van der Waals surface area contributed by atoms with E-state index in [-0.39, 0.29) is 23.9 Å². The lowest BCUT2D eigenvalue weighted by Crippen LogP contribution is -2.46. The first-order valence-corrected chi connectivity index (χ1v) is 8.40. The second-order valence-electron chi connectivity index (χ2n) is 4.88. The molecule has 3 N–H and O–H groups in total. The second kappa shape index (κ2) is 6.72. The maximum atomic E-state index is 11.6. The van der Waals surface area contributed by atoms with E-state index in [4.69, 9.17) is 17.3 Å². The number of hydrogen-bond donors (Lipinski definition) is 2. The number of halogens is 1. The molecule has 0 radical (unpaired) electrons. The average Bonchev–Trinajstić information content (AvgIpc) is 3.00. The Kier molecular flexibility index (Phi) is 5.21. The fourth-order valence-electron chi connectivity index (χ4n) is 2.03. The number of nitrogens with one attached hydrogen (secondary N) is 1. The van der Waals surface area contributed by atoms with Gasteiger partial charge in [-0.15, -0.1) is 22.7 Å². The van der Waals surface area contributed by atoms with Crippen molar-refractivity contribution in [3.63, 3.8) is 0 Å². The van der Waals surface area contributed by atoms with Gasteiger partial charge in [0.1, 0.15) is 0 Å². The van der Waals surface area contributed by atoms with Crippen LogP contribution in [0.2, 0.25) is 4.34 Å². The van der Waals surface area contributed by atoms with Crippen molar-refractivity contribution in [2.45, 2.75) is 25.9 Å². The van der Waals surface area contributed by atoms with Crippen LogP contribution in [-0.2, 0) is 4.79 Å². The van der Waals surface area contributed by atoms with Crippen LogP contribution in [0.5, 0.6) is 0 Å². The minimum Gasteiger partial charge on any atom is -0.368 e.